The molecule has 1 saturated carbocycles. The van der Waals surface area contributed by atoms with Gasteiger partial charge in [0.05, 0.1) is 16.7 Å². The van der Waals surface area contributed by atoms with Crippen LogP contribution in [0, 0.1) is 5.92 Å². The third-order valence-electron chi connectivity index (χ3n) is 6.11. The van der Waals surface area contributed by atoms with Crippen LogP contribution >= 0.6 is 11.6 Å². The van der Waals surface area contributed by atoms with Gasteiger partial charge in [0.1, 0.15) is 0 Å². The van der Waals surface area contributed by atoms with Crippen LogP contribution < -0.4 is 5.32 Å². The topological polar surface area (TPSA) is 62.2 Å². The first-order chi connectivity index (χ1) is 15.2. The summed E-state index contributed by atoms with van der Waals surface area (Å²) in [4.78, 5) is 16.3. The molecule has 1 heterocycles. The van der Waals surface area contributed by atoms with E-state index in [1.807, 2.05) is 0 Å². The fourth-order valence-corrected chi connectivity index (χ4v) is 4.57. The molecule has 1 fully saturated rings. The normalized spacial score (nSPS) is 21.5. The summed E-state index contributed by atoms with van der Waals surface area (Å²) in [6, 6.07) is 12.3. The van der Waals surface area contributed by atoms with Crippen LogP contribution in [-0.4, -0.2) is 16.0 Å². The van der Waals surface area contributed by atoms with Crippen LogP contribution in [0.2, 0.25) is 5.02 Å². The lowest BCUT2D eigenvalue weighted by molar-refractivity contribution is -0.136. The molecule has 1 aliphatic rings. The van der Waals surface area contributed by atoms with Crippen LogP contribution in [0.1, 0.15) is 43.2 Å². The van der Waals surface area contributed by atoms with Crippen molar-refractivity contribution in [3.05, 3.63) is 70.9 Å². The molecule has 0 saturated heterocycles. The maximum Gasteiger partial charge on any atom is 0.418 e. The smallest absolute Gasteiger partial charge is 0.385 e. The summed E-state index contributed by atoms with van der Waals surface area (Å²) in [7, 11) is 0. The predicted molar refractivity (Wildman–Crippen MR) is 117 cm³/mol. The number of nitrogens with zero attached hydrogens (tertiary/aromatic N) is 1. The fourth-order valence-electron chi connectivity index (χ4n) is 4.45. The standard InChI is InChI=1S/C24H22ClF3N2O2/c25-16-4-6-17(7-5-16)30-21(31)14-15-8-11-23(32,12-9-15)19-10-13-29-22-18(19)2-1-3-20(22)24(26,27)28/h1-7,10,13,15,32H,8-9,11-12,14H2,(H,30,31)/t15-,23-. The minimum Gasteiger partial charge on any atom is -0.385 e. The molecule has 2 N–H and O–H groups in total. The van der Waals surface area contributed by atoms with E-state index in [0.717, 1.165) is 6.07 Å². The first-order valence-corrected chi connectivity index (χ1v) is 10.8. The van der Waals surface area contributed by atoms with Crippen LogP contribution in [-0.2, 0) is 16.6 Å². The van der Waals surface area contributed by atoms with Crippen LogP contribution in [0.3, 0.4) is 0 Å². The second kappa shape index (κ2) is 8.71. The van der Waals surface area contributed by atoms with E-state index in [1.54, 1.807) is 36.4 Å². The quantitative estimate of drug-likeness (QED) is 0.477. The van der Waals surface area contributed by atoms with E-state index in [4.69, 9.17) is 11.6 Å². The van der Waals surface area contributed by atoms with Crippen LogP contribution in [0.5, 0.6) is 0 Å². The molecular formula is C24H22ClF3N2O2. The highest BCUT2D eigenvalue weighted by Gasteiger charge is 2.38. The number of benzene rings is 2. The first kappa shape index (κ1) is 22.6. The van der Waals surface area contributed by atoms with Crippen molar-refractivity contribution in [3.63, 3.8) is 0 Å². The van der Waals surface area contributed by atoms with E-state index in [-0.39, 0.29) is 17.3 Å². The number of hydrogen-bond donors (Lipinski definition) is 2. The van der Waals surface area contributed by atoms with Gasteiger partial charge < -0.3 is 10.4 Å². The zero-order valence-corrected chi connectivity index (χ0v) is 17.9. The van der Waals surface area contributed by atoms with E-state index < -0.39 is 17.3 Å². The summed E-state index contributed by atoms with van der Waals surface area (Å²) in [5.41, 5.74) is -1.11. The van der Waals surface area contributed by atoms with Crippen molar-refractivity contribution in [2.45, 2.75) is 43.9 Å². The number of halogens is 4. The number of aliphatic hydroxyl groups is 1. The Hall–Kier alpha value is -2.64. The highest BCUT2D eigenvalue weighted by Crippen LogP contribution is 2.44. The molecule has 1 amide bonds. The number of para-hydroxylation sites is 1. The second-order valence-electron chi connectivity index (χ2n) is 8.29. The summed E-state index contributed by atoms with van der Waals surface area (Å²) >= 11 is 5.85. The Labute approximate surface area is 188 Å². The third kappa shape index (κ3) is 4.74. The summed E-state index contributed by atoms with van der Waals surface area (Å²) in [5.74, 6) is -0.0339. The van der Waals surface area contributed by atoms with Crippen molar-refractivity contribution in [1.29, 1.82) is 0 Å². The Morgan fingerprint density at radius 1 is 1.12 bits per heavy atom. The number of carbonyl (C=O) groups is 1. The lowest BCUT2D eigenvalue weighted by atomic mass is 9.73. The van der Waals surface area contributed by atoms with Gasteiger partial charge in [-0.2, -0.15) is 13.2 Å². The summed E-state index contributed by atoms with van der Waals surface area (Å²) in [5, 5.41) is 15.1. The second-order valence-corrected chi connectivity index (χ2v) is 8.73. The molecule has 0 atom stereocenters. The van der Waals surface area contributed by atoms with Gasteiger partial charge in [-0.25, -0.2) is 0 Å². The van der Waals surface area contributed by atoms with Crippen molar-refractivity contribution in [3.8, 4) is 0 Å². The molecule has 1 aliphatic carbocycles. The van der Waals surface area contributed by atoms with Crippen molar-refractivity contribution in [2.24, 2.45) is 5.92 Å². The van der Waals surface area contributed by atoms with Crippen LogP contribution in [0.25, 0.3) is 10.9 Å². The summed E-state index contributed by atoms with van der Waals surface area (Å²) < 4.78 is 40.2. The maximum absolute atomic E-state index is 13.4. The zero-order chi connectivity index (χ0) is 22.9. The number of alkyl halides is 3. The van der Waals surface area contributed by atoms with E-state index in [0.29, 0.717) is 53.8 Å². The van der Waals surface area contributed by atoms with Gasteiger partial charge in [-0.05, 0) is 73.6 Å². The molecule has 1 aromatic heterocycles. The summed E-state index contributed by atoms with van der Waals surface area (Å²) in [6.45, 7) is 0. The molecule has 168 valence electrons. The van der Waals surface area contributed by atoms with Gasteiger partial charge in [0.15, 0.2) is 0 Å². The van der Waals surface area contributed by atoms with Gasteiger partial charge >= 0.3 is 6.18 Å². The minimum atomic E-state index is -4.52. The lowest BCUT2D eigenvalue weighted by Crippen LogP contribution is -2.33. The van der Waals surface area contributed by atoms with E-state index in [1.165, 1.54) is 12.3 Å². The lowest BCUT2D eigenvalue weighted by Gasteiger charge is -2.37. The van der Waals surface area contributed by atoms with Gasteiger partial charge in [0.25, 0.3) is 0 Å². The third-order valence-corrected chi connectivity index (χ3v) is 6.36. The number of anilines is 1. The molecule has 0 unspecified atom stereocenters. The predicted octanol–water partition coefficient (Wildman–Crippen LogP) is 6.31. The molecule has 3 aromatic rings. The number of aromatic nitrogens is 1. The molecule has 0 spiro atoms. The maximum atomic E-state index is 13.4. The zero-order valence-electron chi connectivity index (χ0n) is 17.1. The van der Waals surface area contributed by atoms with E-state index in [2.05, 4.69) is 10.3 Å². The Morgan fingerprint density at radius 2 is 1.81 bits per heavy atom. The Bertz CT molecular complexity index is 1120. The van der Waals surface area contributed by atoms with Crippen molar-refractivity contribution >= 4 is 34.1 Å². The van der Waals surface area contributed by atoms with Gasteiger partial charge in [-0.15, -0.1) is 0 Å². The van der Waals surface area contributed by atoms with E-state index >= 15 is 0 Å². The SMILES string of the molecule is O=C(C[C@H]1CC[C@@](O)(c2ccnc3c(C(F)(F)F)cccc32)CC1)Nc1ccc(Cl)cc1. The highest BCUT2D eigenvalue weighted by molar-refractivity contribution is 6.30. The number of nitrogens with one attached hydrogen (secondary N) is 1. The Balaban J connectivity index is 1.47. The number of rotatable bonds is 4. The molecule has 4 rings (SSSR count). The molecule has 8 heteroatoms. The Kier molecular flexibility index (Phi) is 6.14. The fraction of sp³-hybridized carbons (Fsp3) is 0.333. The molecule has 0 radical (unpaired) electrons. The minimum absolute atomic E-state index is 0.0846. The highest BCUT2D eigenvalue weighted by atomic mass is 35.5. The first-order valence-electron chi connectivity index (χ1n) is 10.4. The van der Waals surface area contributed by atoms with Crippen LogP contribution in [0.15, 0.2) is 54.7 Å². The number of amides is 1. The summed E-state index contributed by atoms with van der Waals surface area (Å²) in [6.07, 6.45) is -0.990. The van der Waals surface area contributed by atoms with Gasteiger partial charge in [0.2, 0.25) is 5.91 Å². The molecular weight excluding hydrogens is 441 g/mol. The molecule has 2 aromatic carbocycles. The number of carbonyl (C=O) groups excluding carboxylic acids is 1. The van der Waals surface area contributed by atoms with Crippen molar-refractivity contribution in [2.75, 3.05) is 5.32 Å². The van der Waals surface area contributed by atoms with Crippen molar-refractivity contribution in [1.82, 2.24) is 4.98 Å². The van der Waals surface area contributed by atoms with E-state index in [9.17, 15) is 23.1 Å². The average molecular weight is 463 g/mol. The number of hydrogen-bond acceptors (Lipinski definition) is 3. The number of fused-ring (bicyclic) bond motifs is 1. The van der Waals surface area contributed by atoms with Gasteiger partial charge in [0, 0.05) is 28.7 Å². The number of pyridine rings is 1. The monoisotopic (exact) mass is 462 g/mol. The van der Waals surface area contributed by atoms with Gasteiger partial charge in [-0.3, -0.25) is 9.78 Å². The molecule has 4 nitrogen and oxygen atoms in total. The molecule has 0 aliphatic heterocycles. The van der Waals surface area contributed by atoms with Crippen LogP contribution in [0.4, 0.5) is 18.9 Å². The molecule has 32 heavy (non-hydrogen) atoms. The van der Waals surface area contributed by atoms with Crippen molar-refractivity contribution < 1.29 is 23.1 Å². The molecule has 0 bridgehead atoms. The van der Waals surface area contributed by atoms with Gasteiger partial charge in [-0.1, -0.05) is 23.7 Å². The Morgan fingerprint density at radius 3 is 2.47 bits per heavy atom. The average Bonchev–Trinajstić information content (AvgIpc) is 2.75. The largest absolute Gasteiger partial charge is 0.418 e.